The van der Waals surface area contributed by atoms with Crippen LogP contribution in [-0.4, -0.2) is 31.7 Å². The molecule has 1 saturated heterocycles. The number of hydrogen-bond donors (Lipinski definition) is 1. The summed E-state index contributed by atoms with van der Waals surface area (Å²) in [6.45, 7) is 2.86. The van der Waals surface area contributed by atoms with Crippen LogP contribution in [0.4, 0.5) is 13.2 Å². The molecule has 0 radical (unpaired) electrons. The number of halogens is 3. The van der Waals surface area contributed by atoms with Crippen molar-refractivity contribution < 1.29 is 26.4 Å². The molecule has 0 atom stereocenters. The number of amides is 1. The minimum atomic E-state index is -4.46. The van der Waals surface area contributed by atoms with Crippen molar-refractivity contribution in [2.24, 2.45) is 5.92 Å². The molecule has 1 N–H and O–H groups in total. The quantitative estimate of drug-likeness (QED) is 0.763. The highest BCUT2D eigenvalue weighted by atomic mass is 32.2. The number of carbonyl (C=O) groups excluding carboxylic acids is 1. The first-order chi connectivity index (χ1) is 14.1. The van der Waals surface area contributed by atoms with Gasteiger partial charge in [0.15, 0.2) is 0 Å². The Morgan fingerprint density at radius 2 is 1.77 bits per heavy atom. The predicted octanol–water partition coefficient (Wildman–Crippen LogP) is 4.06. The summed E-state index contributed by atoms with van der Waals surface area (Å²) in [5, 5.41) is 2.54. The van der Waals surface area contributed by atoms with Crippen LogP contribution in [0.3, 0.4) is 0 Å². The summed E-state index contributed by atoms with van der Waals surface area (Å²) in [7, 11) is -3.70. The van der Waals surface area contributed by atoms with Crippen molar-refractivity contribution >= 4 is 15.9 Å². The van der Waals surface area contributed by atoms with Gasteiger partial charge in [-0.15, -0.1) is 0 Å². The molecule has 1 heterocycles. The molecule has 1 aliphatic heterocycles. The van der Waals surface area contributed by atoms with E-state index in [0.29, 0.717) is 24.6 Å². The van der Waals surface area contributed by atoms with E-state index in [1.165, 1.54) is 40.7 Å². The van der Waals surface area contributed by atoms with E-state index in [9.17, 15) is 26.4 Å². The van der Waals surface area contributed by atoms with Crippen LogP contribution in [0.15, 0.2) is 53.4 Å². The number of rotatable bonds is 5. The van der Waals surface area contributed by atoms with Gasteiger partial charge in [0.1, 0.15) is 0 Å². The van der Waals surface area contributed by atoms with Gasteiger partial charge in [0.2, 0.25) is 10.0 Å². The molecule has 0 unspecified atom stereocenters. The molecule has 30 heavy (non-hydrogen) atoms. The fourth-order valence-corrected chi connectivity index (χ4v) is 4.83. The maximum absolute atomic E-state index is 12.9. The average Bonchev–Trinajstić information content (AvgIpc) is 2.72. The van der Waals surface area contributed by atoms with Gasteiger partial charge in [-0.3, -0.25) is 4.79 Å². The second-order valence-electron chi connectivity index (χ2n) is 7.50. The Hall–Kier alpha value is -2.39. The van der Waals surface area contributed by atoms with Crippen LogP contribution in [0.25, 0.3) is 0 Å². The molecule has 3 rings (SSSR count). The zero-order valence-corrected chi connectivity index (χ0v) is 17.3. The second-order valence-corrected chi connectivity index (χ2v) is 9.43. The smallest absolute Gasteiger partial charge is 0.348 e. The standard InChI is InChI=1S/C21H23F3N2O3S/c1-15-8-10-26(11-9-15)30(28,29)19-7-3-5-17(13-19)20(27)25-14-16-4-2-6-18(12-16)21(22,23)24/h2-7,12-13,15H,8-11,14H2,1H3,(H,25,27). The highest BCUT2D eigenvalue weighted by molar-refractivity contribution is 7.89. The number of piperidine rings is 1. The minimum Gasteiger partial charge on any atom is -0.348 e. The van der Waals surface area contributed by atoms with Gasteiger partial charge in [-0.1, -0.05) is 25.1 Å². The molecule has 0 bridgehead atoms. The number of sulfonamides is 1. The Morgan fingerprint density at radius 3 is 2.43 bits per heavy atom. The van der Waals surface area contributed by atoms with E-state index >= 15 is 0 Å². The van der Waals surface area contributed by atoms with Crippen LogP contribution in [0.1, 0.15) is 41.3 Å². The van der Waals surface area contributed by atoms with E-state index < -0.39 is 27.7 Å². The van der Waals surface area contributed by atoms with E-state index in [-0.39, 0.29) is 17.0 Å². The highest BCUT2D eigenvalue weighted by Gasteiger charge is 2.30. The molecular weight excluding hydrogens is 417 g/mol. The summed E-state index contributed by atoms with van der Waals surface area (Å²) in [5.74, 6) is -0.0823. The van der Waals surface area contributed by atoms with Crippen molar-refractivity contribution in [1.29, 1.82) is 0 Å². The molecular formula is C21H23F3N2O3S. The Balaban J connectivity index is 1.71. The first-order valence-electron chi connectivity index (χ1n) is 9.62. The topological polar surface area (TPSA) is 66.5 Å². The predicted molar refractivity (Wildman–Crippen MR) is 106 cm³/mol. The van der Waals surface area contributed by atoms with Crippen molar-refractivity contribution in [3.8, 4) is 0 Å². The third-order valence-electron chi connectivity index (χ3n) is 5.18. The maximum Gasteiger partial charge on any atom is 0.416 e. The van der Waals surface area contributed by atoms with Crippen LogP contribution in [0.2, 0.25) is 0 Å². The van der Waals surface area contributed by atoms with Crippen LogP contribution >= 0.6 is 0 Å². The summed E-state index contributed by atoms with van der Waals surface area (Å²) in [6, 6.07) is 10.4. The summed E-state index contributed by atoms with van der Waals surface area (Å²) in [6.07, 6.45) is -2.89. The fourth-order valence-electron chi connectivity index (χ4n) is 3.31. The molecule has 0 aromatic heterocycles. The molecule has 5 nitrogen and oxygen atoms in total. The summed E-state index contributed by atoms with van der Waals surface area (Å²) < 4.78 is 65.6. The molecule has 9 heteroatoms. The van der Waals surface area contributed by atoms with Gasteiger partial charge in [-0.25, -0.2) is 8.42 Å². The summed E-state index contributed by atoms with van der Waals surface area (Å²) in [5.41, 5.74) is -0.365. The lowest BCUT2D eigenvalue weighted by molar-refractivity contribution is -0.137. The number of benzene rings is 2. The van der Waals surface area contributed by atoms with Gasteiger partial charge >= 0.3 is 6.18 Å². The average molecular weight is 440 g/mol. The number of alkyl halides is 3. The molecule has 0 aliphatic carbocycles. The van der Waals surface area contributed by atoms with Crippen LogP contribution in [0, 0.1) is 5.92 Å². The van der Waals surface area contributed by atoms with Crippen LogP contribution < -0.4 is 5.32 Å². The third-order valence-corrected chi connectivity index (χ3v) is 7.08. The van der Waals surface area contributed by atoms with Crippen molar-refractivity contribution in [1.82, 2.24) is 9.62 Å². The number of nitrogens with zero attached hydrogens (tertiary/aromatic N) is 1. The van der Waals surface area contributed by atoms with Gasteiger partial charge in [0.25, 0.3) is 5.91 Å². The molecule has 0 spiro atoms. The molecule has 0 saturated carbocycles. The van der Waals surface area contributed by atoms with Crippen molar-refractivity contribution in [2.75, 3.05) is 13.1 Å². The normalized spacial score (nSPS) is 16.4. The zero-order valence-electron chi connectivity index (χ0n) is 16.4. The van der Waals surface area contributed by atoms with Crippen molar-refractivity contribution in [2.45, 2.75) is 37.4 Å². The molecule has 1 aliphatic rings. The van der Waals surface area contributed by atoms with E-state index in [0.717, 1.165) is 25.0 Å². The van der Waals surface area contributed by atoms with E-state index in [1.54, 1.807) is 0 Å². The van der Waals surface area contributed by atoms with Gasteiger partial charge in [-0.2, -0.15) is 17.5 Å². The van der Waals surface area contributed by atoms with Crippen molar-refractivity contribution in [3.05, 3.63) is 65.2 Å². The molecule has 1 amide bonds. The number of carbonyl (C=O) groups is 1. The van der Waals surface area contributed by atoms with E-state index in [2.05, 4.69) is 12.2 Å². The summed E-state index contributed by atoms with van der Waals surface area (Å²) >= 11 is 0. The first kappa shape index (κ1) is 22.3. The lowest BCUT2D eigenvalue weighted by Crippen LogP contribution is -2.38. The monoisotopic (exact) mass is 440 g/mol. The maximum atomic E-state index is 12.9. The van der Waals surface area contributed by atoms with Gasteiger partial charge in [-0.05, 0) is 54.7 Å². The minimum absolute atomic E-state index is 0.0313. The molecule has 2 aromatic rings. The lowest BCUT2D eigenvalue weighted by atomic mass is 10.0. The summed E-state index contributed by atoms with van der Waals surface area (Å²) in [4.78, 5) is 12.5. The lowest BCUT2D eigenvalue weighted by Gasteiger charge is -2.29. The van der Waals surface area contributed by atoms with E-state index in [1.807, 2.05) is 0 Å². The number of hydrogen-bond acceptors (Lipinski definition) is 3. The molecule has 162 valence electrons. The third kappa shape index (κ3) is 5.20. The Morgan fingerprint density at radius 1 is 1.10 bits per heavy atom. The fraction of sp³-hybridized carbons (Fsp3) is 0.381. The Labute approximate surface area is 173 Å². The van der Waals surface area contributed by atoms with E-state index in [4.69, 9.17) is 0 Å². The second kappa shape index (κ2) is 8.77. The zero-order chi connectivity index (χ0) is 21.9. The van der Waals surface area contributed by atoms with Crippen LogP contribution in [0.5, 0.6) is 0 Å². The first-order valence-corrected chi connectivity index (χ1v) is 11.1. The Bertz CT molecular complexity index is 1010. The SMILES string of the molecule is CC1CCN(S(=O)(=O)c2cccc(C(=O)NCc3cccc(C(F)(F)F)c3)c2)CC1. The van der Waals surface area contributed by atoms with Crippen molar-refractivity contribution in [3.63, 3.8) is 0 Å². The highest BCUT2D eigenvalue weighted by Crippen LogP contribution is 2.29. The Kier molecular flexibility index (Phi) is 6.52. The van der Waals surface area contributed by atoms with Gasteiger partial charge in [0.05, 0.1) is 10.5 Å². The van der Waals surface area contributed by atoms with Gasteiger partial charge in [0, 0.05) is 25.2 Å². The largest absolute Gasteiger partial charge is 0.416 e. The molecule has 1 fully saturated rings. The van der Waals surface area contributed by atoms with Crippen LogP contribution in [-0.2, 0) is 22.7 Å². The number of nitrogens with one attached hydrogen (secondary N) is 1. The van der Waals surface area contributed by atoms with Gasteiger partial charge < -0.3 is 5.32 Å². The molecule has 2 aromatic carbocycles.